The second-order valence-corrected chi connectivity index (χ2v) is 5.26. The number of benzene rings is 1. The van der Waals surface area contributed by atoms with Crippen molar-refractivity contribution in [1.82, 2.24) is 0 Å². The second kappa shape index (κ2) is 5.90. The molecule has 0 radical (unpaired) electrons. The normalized spacial score (nSPS) is 22.2. The van der Waals surface area contributed by atoms with E-state index >= 15 is 0 Å². The SMILES string of the molecule is CC1CCCC(Oc2cc(C(=O)O)ccc2[N+](=O)[O-])C1. The van der Waals surface area contributed by atoms with Gasteiger partial charge in [-0.1, -0.05) is 13.3 Å². The molecule has 1 aliphatic rings. The third-order valence-electron chi connectivity index (χ3n) is 3.59. The number of carbonyl (C=O) groups is 1. The first kappa shape index (κ1) is 14.3. The smallest absolute Gasteiger partial charge is 0.335 e. The highest BCUT2D eigenvalue weighted by Crippen LogP contribution is 2.33. The molecule has 6 nitrogen and oxygen atoms in total. The average Bonchev–Trinajstić information content (AvgIpc) is 2.38. The van der Waals surface area contributed by atoms with Gasteiger partial charge in [0.15, 0.2) is 5.75 Å². The van der Waals surface area contributed by atoms with Gasteiger partial charge in [0.2, 0.25) is 0 Å². The van der Waals surface area contributed by atoms with Crippen LogP contribution in [0.15, 0.2) is 18.2 Å². The van der Waals surface area contributed by atoms with Crippen LogP contribution in [0.2, 0.25) is 0 Å². The maximum atomic E-state index is 11.0. The summed E-state index contributed by atoms with van der Waals surface area (Å²) in [5.41, 5.74) is -0.192. The monoisotopic (exact) mass is 279 g/mol. The van der Waals surface area contributed by atoms with Gasteiger partial charge < -0.3 is 9.84 Å². The lowest BCUT2D eigenvalue weighted by molar-refractivity contribution is -0.386. The van der Waals surface area contributed by atoms with Gasteiger partial charge in [0.25, 0.3) is 0 Å². The van der Waals surface area contributed by atoms with Gasteiger partial charge in [-0.3, -0.25) is 10.1 Å². The van der Waals surface area contributed by atoms with Crippen LogP contribution < -0.4 is 4.74 Å². The first-order valence-electron chi connectivity index (χ1n) is 6.65. The lowest BCUT2D eigenvalue weighted by Gasteiger charge is -2.27. The fourth-order valence-electron chi connectivity index (χ4n) is 2.56. The first-order valence-corrected chi connectivity index (χ1v) is 6.65. The van der Waals surface area contributed by atoms with Crippen LogP contribution in [0.5, 0.6) is 5.75 Å². The van der Waals surface area contributed by atoms with E-state index < -0.39 is 10.9 Å². The number of nitrogens with zero attached hydrogens (tertiary/aromatic N) is 1. The number of hydrogen-bond donors (Lipinski definition) is 1. The minimum absolute atomic E-state index is 0.00513. The molecule has 1 aromatic rings. The number of nitro groups is 1. The summed E-state index contributed by atoms with van der Waals surface area (Å²) in [6.07, 6.45) is 3.77. The number of hydrogen-bond acceptors (Lipinski definition) is 4. The Hall–Kier alpha value is -2.11. The Morgan fingerprint density at radius 2 is 2.20 bits per heavy atom. The summed E-state index contributed by atoms with van der Waals surface area (Å²) in [6.45, 7) is 2.12. The van der Waals surface area contributed by atoms with Crippen LogP contribution in [0.4, 0.5) is 5.69 Å². The number of nitro benzene ring substituents is 1. The molecule has 2 atom stereocenters. The summed E-state index contributed by atoms with van der Waals surface area (Å²) < 4.78 is 5.70. The van der Waals surface area contributed by atoms with Crippen LogP contribution in [0.1, 0.15) is 43.0 Å². The number of ether oxygens (including phenoxy) is 1. The molecule has 0 heterocycles. The van der Waals surface area contributed by atoms with E-state index in [1.165, 1.54) is 18.2 Å². The number of aromatic carboxylic acids is 1. The molecule has 0 aliphatic heterocycles. The zero-order valence-corrected chi connectivity index (χ0v) is 11.2. The molecule has 20 heavy (non-hydrogen) atoms. The molecule has 1 N–H and O–H groups in total. The number of carboxylic acid groups (broad SMARTS) is 1. The van der Waals surface area contributed by atoms with E-state index in [0.29, 0.717) is 5.92 Å². The minimum Gasteiger partial charge on any atom is -0.483 e. The van der Waals surface area contributed by atoms with E-state index in [0.717, 1.165) is 25.7 Å². The Morgan fingerprint density at radius 3 is 2.80 bits per heavy atom. The van der Waals surface area contributed by atoms with Crippen LogP contribution in [-0.2, 0) is 0 Å². The maximum Gasteiger partial charge on any atom is 0.335 e. The van der Waals surface area contributed by atoms with E-state index in [4.69, 9.17) is 9.84 Å². The van der Waals surface area contributed by atoms with Gasteiger partial charge in [-0.15, -0.1) is 0 Å². The second-order valence-electron chi connectivity index (χ2n) is 5.26. The van der Waals surface area contributed by atoms with Crippen molar-refractivity contribution in [3.63, 3.8) is 0 Å². The summed E-state index contributed by atoms with van der Waals surface area (Å²) in [5, 5.41) is 19.9. The maximum absolute atomic E-state index is 11.0. The van der Waals surface area contributed by atoms with Gasteiger partial charge in [0, 0.05) is 12.1 Å². The largest absolute Gasteiger partial charge is 0.483 e. The molecule has 0 spiro atoms. The van der Waals surface area contributed by atoms with Crippen molar-refractivity contribution >= 4 is 11.7 Å². The zero-order chi connectivity index (χ0) is 14.7. The van der Waals surface area contributed by atoms with E-state index in [1.807, 2.05) is 0 Å². The van der Waals surface area contributed by atoms with Gasteiger partial charge in [0.1, 0.15) is 0 Å². The summed E-state index contributed by atoms with van der Waals surface area (Å²) >= 11 is 0. The Labute approximate surface area is 116 Å². The summed E-state index contributed by atoms with van der Waals surface area (Å²) in [4.78, 5) is 21.4. The van der Waals surface area contributed by atoms with Gasteiger partial charge in [0.05, 0.1) is 16.6 Å². The topological polar surface area (TPSA) is 89.7 Å². The molecule has 108 valence electrons. The van der Waals surface area contributed by atoms with Gasteiger partial charge in [-0.25, -0.2) is 4.79 Å². The van der Waals surface area contributed by atoms with Crippen molar-refractivity contribution in [1.29, 1.82) is 0 Å². The number of carboxylic acids is 1. The van der Waals surface area contributed by atoms with Crippen molar-refractivity contribution in [3.8, 4) is 5.75 Å². The van der Waals surface area contributed by atoms with E-state index in [-0.39, 0.29) is 23.1 Å². The molecule has 1 aromatic carbocycles. The molecule has 2 unspecified atom stereocenters. The quantitative estimate of drug-likeness (QED) is 0.675. The standard InChI is InChI=1S/C14H17NO5/c1-9-3-2-4-11(7-9)20-13-8-10(14(16)17)5-6-12(13)15(18)19/h5-6,8-9,11H,2-4,7H2,1H3,(H,16,17). The van der Waals surface area contributed by atoms with Crippen molar-refractivity contribution in [2.24, 2.45) is 5.92 Å². The van der Waals surface area contributed by atoms with E-state index in [1.54, 1.807) is 0 Å². The van der Waals surface area contributed by atoms with Crippen LogP contribution in [0, 0.1) is 16.0 Å². The van der Waals surface area contributed by atoms with Gasteiger partial charge in [-0.2, -0.15) is 0 Å². The molecule has 0 saturated heterocycles. The summed E-state index contributed by atoms with van der Waals surface area (Å²) in [7, 11) is 0. The van der Waals surface area contributed by atoms with Crippen molar-refractivity contribution in [3.05, 3.63) is 33.9 Å². The van der Waals surface area contributed by atoms with Crippen molar-refractivity contribution < 1.29 is 19.6 Å². The van der Waals surface area contributed by atoms with E-state index in [9.17, 15) is 14.9 Å². The molecule has 1 aliphatic carbocycles. The molecule has 0 bridgehead atoms. The lowest BCUT2D eigenvalue weighted by Crippen LogP contribution is -2.24. The molecule has 0 amide bonds. The molecular weight excluding hydrogens is 262 g/mol. The molecule has 2 rings (SSSR count). The van der Waals surface area contributed by atoms with Crippen LogP contribution in [-0.4, -0.2) is 22.1 Å². The van der Waals surface area contributed by atoms with Gasteiger partial charge in [-0.05, 0) is 31.2 Å². The first-order chi connectivity index (χ1) is 9.47. The molecule has 1 fully saturated rings. The van der Waals surface area contributed by atoms with Crippen molar-refractivity contribution in [2.75, 3.05) is 0 Å². The Balaban J connectivity index is 2.25. The fourth-order valence-corrected chi connectivity index (χ4v) is 2.56. The highest BCUT2D eigenvalue weighted by atomic mass is 16.6. The van der Waals surface area contributed by atoms with E-state index in [2.05, 4.69) is 6.92 Å². The summed E-state index contributed by atoms with van der Waals surface area (Å²) in [6, 6.07) is 3.64. The predicted molar refractivity (Wildman–Crippen MR) is 72.1 cm³/mol. The highest BCUT2D eigenvalue weighted by Gasteiger charge is 2.24. The number of rotatable bonds is 4. The molecule has 6 heteroatoms. The van der Waals surface area contributed by atoms with Crippen LogP contribution in [0.25, 0.3) is 0 Å². The van der Waals surface area contributed by atoms with Crippen molar-refractivity contribution in [2.45, 2.75) is 38.7 Å². The van der Waals surface area contributed by atoms with Crippen LogP contribution in [0.3, 0.4) is 0 Å². The third kappa shape index (κ3) is 3.26. The highest BCUT2D eigenvalue weighted by molar-refractivity contribution is 5.88. The fraction of sp³-hybridized carbons (Fsp3) is 0.500. The Morgan fingerprint density at radius 1 is 1.45 bits per heavy atom. The van der Waals surface area contributed by atoms with Crippen LogP contribution >= 0.6 is 0 Å². The summed E-state index contributed by atoms with van der Waals surface area (Å²) in [5.74, 6) is -0.550. The average molecular weight is 279 g/mol. The minimum atomic E-state index is -1.12. The third-order valence-corrected chi connectivity index (χ3v) is 3.59. The molecule has 0 aromatic heterocycles. The zero-order valence-electron chi connectivity index (χ0n) is 11.2. The predicted octanol–water partition coefficient (Wildman–Crippen LogP) is 3.25. The lowest BCUT2D eigenvalue weighted by atomic mass is 9.88. The molecular formula is C14H17NO5. The van der Waals surface area contributed by atoms with Gasteiger partial charge >= 0.3 is 11.7 Å². The Bertz CT molecular complexity index is 528. The molecule has 1 saturated carbocycles. The Kier molecular flexibility index (Phi) is 4.22.